The highest BCUT2D eigenvalue weighted by atomic mass is 16.2. The largest absolute Gasteiger partial charge is 0.340 e. The molecular weight excluding hydrogens is 352 g/mol. The minimum atomic E-state index is -0.278. The van der Waals surface area contributed by atoms with Crippen LogP contribution in [0.15, 0.2) is 54.9 Å². The van der Waals surface area contributed by atoms with Crippen molar-refractivity contribution in [2.24, 2.45) is 0 Å². The van der Waals surface area contributed by atoms with Gasteiger partial charge in [0.25, 0.3) is 5.91 Å². The third-order valence-corrected chi connectivity index (χ3v) is 5.24. The summed E-state index contributed by atoms with van der Waals surface area (Å²) in [7, 11) is 0. The monoisotopic (exact) mass is 376 g/mol. The number of piperidine rings is 1. The molecule has 0 radical (unpaired) electrons. The van der Waals surface area contributed by atoms with E-state index < -0.39 is 0 Å². The molecule has 3 heterocycles. The summed E-state index contributed by atoms with van der Waals surface area (Å²) in [5, 5.41) is 15.0. The second kappa shape index (κ2) is 8.31. The summed E-state index contributed by atoms with van der Waals surface area (Å²) in [5.74, 6) is -0.219. The number of hydrogen-bond acceptors (Lipinski definition) is 5. The number of benzene rings is 1. The molecule has 144 valence electrons. The Kier molecular flexibility index (Phi) is 5.43. The summed E-state index contributed by atoms with van der Waals surface area (Å²) >= 11 is 0. The summed E-state index contributed by atoms with van der Waals surface area (Å²) in [4.78, 5) is 17.1. The Morgan fingerprint density at radius 2 is 1.79 bits per heavy atom. The van der Waals surface area contributed by atoms with Gasteiger partial charge in [-0.25, -0.2) is 4.68 Å². The molecule has 0 spiro atoms. The standard InChI is InChI=1S/C21H24N6O/c1-15-19(25-26-27(15)18-9-13-23-14-10-18)21(28)24-20(16-5-3-2-4-6-16)17-7-11-22-12-8-17/h2-8,11-12,18,20,23H,9-10,13-14H2,1H3,(H,24,28). The fraction of sp³-hybridized carbons (Fsp3) is 0.333. The molecular formula is C21H24N6O. The van der Waals surface area contributed by atoms with Gasteiger partial charge in [0.15, 0.2) is 5.69 Å². The number of carbonyl (C=O) groups excluding carboxylic acids is 1. The molecule has 0 aliphatic carbocycles. The van der Waals surface area contributed by atoms with Crippen molar-refractivity contribution < 1.29 is 4.79 Å². The van der Waals surface area contributed by atoms with Gasteiger partial charge >= 0.3 is 0 Å². The van der Waals surface area contributed by atoms with Crippen LogP contribution < -0.4 is 10.6 Å². The predicted octanol–water partition coefficient (Wildman–Crippen LogP) is 2.43. The molecule has 1 unspecified atom stereocenters. The number of pyridine rings is 1. The molecule has 1 aliphatic heterocycles. The smallest absolute Gasteiger partial charge is 0.274 e. The fourth-order valence-corrected chi connectivity index (χ4v) is 3.71. The maximum Gasteiger partial charge on any atom is 0.274 e. The molecule has 1 saturated heterocycles. The molecule has 1 aromatic carbocycles. The second-order valence-corrected chi connectivity index (χ2v) is 7.05. The van der Waals surface area contributed by atoms with Crippen LogP contribution in [0.25, 0.3) is 0 Å². The first-order chi connectivity index (χ1) is 13.7. The minimum Gasteiger partial charge on any atom is -0.340 e. The summed E-state index contributed by atoms with van der Waals surface area (Å²) in [6.45, 7) is 3.84. The van der Waals surface area contributed by atoms with Crippen LogP contribution in [0.3, 0.4) is 0 Å². The molecule has 4 rings (SSSR count). The highest BCUT2D eigenvalue weighted by Gasteiger charge is 2.25. The summed E-state index contributed by atoms with van der Waals surface area (Å²) in [6.07, 6.45) is 5.45. The Morgan fingerprint density at radius 1 is 1.11 bits per heavy atom. The molecule has 7 heteroatoms. The van der Waals surface area contributed by atoms with Gasteiger partial charge in [-0.3, -0.25) is 9.78 Å². The lowest BCUT2D eigenvalue weighted by molar-refractivity contribution is 0.0937. The van der Waals surface area contributed by atoms with Gasteiger partial charge in [-0.2, -0.15) is 0 Å². The molecule has 1 aliphatic rings. The van der Waals surface area contributed by atoms with E-state index >= 15 is 0 Å². The minimum absolute atomic E-state index is 0.219. The van der Waals surface area contributed by atoms with Crippen LogP contribution in [-0.2, 0) is 0 Å². The Labute approximate surface area is 164 Å². The van der Waals surface area contributed by atoms with Gasteiger partial charge in [0, 0.05) is 12.4 Å². The van der Waals surface area contributed by atoms with E-state index in [4.69, 9.17) is 0 Å². The van der Waals surface area contributed by atoms with Crippen molar-refractivity contribution in [2.75, 3.05) is 13.1 Å². The quantitative estimate of drug-likeness (QED) is 0.714. The highest BCUT2D eigenvalue weighted by Crippen LogP contribution is 2.23. The van der Waals surface area contributed by atoms with E-state index in [0.717, 1.165) is 42.8 Å². The van der Waals surface area contributed by atoms with Crippen LogP contribution in [0, 0.1) is 6.92 Å². The van der Waals surface area contributed by atoms with Crippen molar-refractivity contribution in [1.82, 2.24) is 30.6 Å². The first-order valence-electron chi connectivity index (χ1n) is 9.62. The van der Waals surface area contributed by atoms with Crippen LogP contribution in [0.1, 0.15) is 52.2 Å². The van der Waals surface area contributed by atoms with E-state index in [1.165, 1.54) is 0 Å². The Balaban J connectivity index is 1.59. The van der Waals surface area contributed by atoms with Crippen molar-refractivity contribution in [1.29, 1.82) is 0 Å². The highest BCUT2D eigenvalue weighted by molar-refractivity contribution is 5.93. The SMILES string of the molecule is Cc1c(C(=O)NC(c2ccccc2)c2ccncc2)nnn1C1CCNCC1. The van der Waals surface area contributed by atoms with E-state index in [0.29, 0.717) is 11.7 Å². The zero-order valence-corrected chi connectivity index (χ0v) is 15.9. The van der Waals surface area contributed by atoms with E-state index in [1.807, 2.05) is 54.1 Å². The van der Waals surface area contributed by atoms with Crippen LogP contribution >= 0.6 is 0 Å². The van der Waals surface area contributed by atoms with Gasteiger partial charge in [0.1, 0.15) is 0 Å². The van der Waals surface area contributed by atoms with Crippen LogP contribution in [0.2, 0.25) is 0 Å². The van der Waals surface area contributed by atoms with Crippen molar-refractivity contribution in [3.8, 4) is 0 Å². The number of nitrogens with one attached hydrogen (secondary N) is 2. The van der Waals surface area contributed by atoms with E-state index in [1.54, 1.807) is 12.4 Å². The molecule has 2 aromatic heterocycles. The van der Waals surface area contributed by atoms with Gasteiger partial charge in [0.2, 0.25) is 0 Å². The van der Waals surface area contributed by atoms with Crippen molar-refractivity contribution in [3.05, 3.63) is 77.4 Å². The van der Waals surface area contributed by atoms with E-state index in [2.05, 4.69) is 25.9 Å². The second-order valence-electron chi connectivity index (χ2n) is 7.05. The average molecular weight is 376 g/mol. The number of nitrogens with zero attached hydrogens (tertiary/aromatic N) is 4. The maximum absolute atomic E-state index is 13.1. The maximum atomic E-state index is 13.1. The van der Waals surface area contributed by atoms with Crippen molar-refractivity contribution in [2.45, 2.75) is 31.8 Å². The number of aromatic nitrogens is 4. The normalized spacial score (nSPS) is 15.9. The summed E-state index contributed by atoms with van der Waals surface area (Å²) in [6, 6.07) is 13.7. The zero-order valence-electron chi connectivity index (χ0n) is 15.9. The topological polar surface area (TPSA) is 84.7 Å². The molecule has 2 N–H and O–H groups in total. The molecule has 1 atom stereocenters. The first kappa shape index (κ1) is 18.3. The molecule has 0 bridgehead atoms. The van der Waals surface area contributed by atoms with Crippen molar-refractivity contribution in [3.63, 3.8) is 0 Å². The molecule has 0 saturated carbocycles. The number of amides is 1. The van der Waals surface area contributed by atoms with Crippen LogP contribution in [0.5, 0.6) is 0 Å². The van der Waals surface area contributed by atoms with Crippen molar-refractivity contribution >= 4 is 5.91 Å². The lowest BCUT2D eigenvalue weighted by Crippen LogP contribution is -2.31. The summed E-state index contributed by atoms with van der Waals surface area (Å²) in [5.41, 5.74) is 3.17. The van der Waals surface area contributed by atoms with Gasteiger partial charge in [-0.1, -0.05) is 35.5 Å². The number of hydrogen-bond donors (Lipinski definition) is 2. The van der Waals surface area contributed by atoms with Crippen LogP contribution in [0.4, 0.5) is 0 Å². The first-order valence-corrected chi connectivity index (χ1v) is 9.62. The predicted molar refractivity (Wildman–Crippen MR) is 106 cm³/mol. The third kappa shape index (κ3) is 3.80. The lowest BCUT2D eigenvalue weighted by atomic mass is 9.99. The number of rotatable bonds is 5. The van der Waals surface area contributed by atoms with E-state index in [9.17, 15) is 4.79 Å². The van der Waals surface area contributed by atoms with Gasteiger partial charge in [0.05, 0.1) is 17.8 Å². The zero-order chi connectivity index (χ0) is 19.3. The average Bonchev–Trinajstić information content (AvgIpc) is 3.15. The van der Waals surface area contributed by atoms with Gasteiger partial charge in [-0.05, 0) is 56.1 Å². The fourth-order valence-electron chi connectivity index (χ4n) is 3.71. The summed E-state index contributed by atoms with van der Waals surface area (Å²) < 4.78 is 1.90. The Hall–Kier alpha value is -3.06. The number of carbonyl (C=O) groups is 1. The van der Waals surface area contributed by atoms with E-state index in [-0.39, 0.29) is 11.9 Å². The van der Waals surface area contributed by atoms with Crippen LogP contribution in [-0.4, -0.2) is 39.0 Å². The molecule has 7 nitrogen and oxygen atoms in total. The third-order valence-electron chi connectivity index (χ3n) is 5.24. The molecule has 3 aromatic rings. The Bertz CT molecular complexity index is 879. The lowest BCUT2D eigenvalue weighted by Gasteiger charge is -2.23. The molecule has 28 heavy (non-hydrogen) atoms. The van der Waals surface area contributed by atoms with Gasteiger partial charge < -0.3 is 10.6 Å². The van der Waals surface area contributed by atoms with Gasteiger partial charge in [-0.15, -0.1) is 5.10 Å². The Morgan fingerprint density at radius 3 is 2.50 bits per heavy atom. The molecule has 1 fully saturated rings. The molecule has 1 amide bonds.